The fraction of sp³-hybridized carbons (Fsp3) is 0.400. The molecule has 3 nitrogen and oxygen atoms in total. The molecule has 1 fully saturated rings. The van der Waals surface area contributed by atoms with Gasteiger partial charge >= 0.3 is 0 Å². The largest absolute Gasteiger partial charge is 0.461 e. The van der Waals surface area contributed by atoms with Crippen LogP contribution in [0.1, 0.15) is 37.0 Å². The molecule has 1 aliphatic rings. The van der Waals surface area contributed by atoms with Gasteiger partial charge in [-0.05, 0) is 43.5 Å². The first-order chi connectivity index (χ1) is 8.73. The second-order valence-electron chi connectivity index (χ2n) is 5.05. The molecule has 0 atom stereocenters. The van der Waals surface area contributed by atoms with Gasteiger partial charge in [0.05, 0.1) is 5.54 Å². The molecule has 3 heteroatoms. The predicted molar refractivity (Wildman–Crippen MR) is 69.2 cm³/mol. The molecule has 0 N–H and O–H groups in total. The molecule has 1 aromatic heterocycles. The Balaban J connectivity index is 2.14. The maximum Gasteiger partial charge on any atom is 0.235 e. The summed E-state index contributed by atoms with van der Waals surface area (Å²) in [6, 6.07) is 8.11. The average Bonchev–Trinajstić information content (AvgIpc) is 2.94. The van der Waals surface area contributed by atoms with Crippen molar-refractivity contribution in [2.45, 2.75) is 38.1 Å². The first kappa shape index (κ1) is 11.2. The molecule has 0 amide bonds. The van der Waals surface area contributed by atoms with E-state index in [0.29, 0.717) is 0 Å². The van der Waals surface area contributed by atoms with E-state index in [1.807, 2.05) is 25.1 Å². The van der Waals surface area contributed by atoms with Crippen molar-refractivity contribution in [2.24, 2.45) is 4.99 Å². The van der Waals surface area contributed by atoms with Gasteiger partial charge in [0.1, 0.15) is 11.3 Å². The van der Waals surface area contributed by atoms with Crippen molar-refractivity contribution in [3.05, 3.63) is 35.6 Å². The fourth-order valence-electron chi connectivity index (χ4n) is 2.98. The summed E-state index contributed by atoms with van der Waals surface area (Å²) in [6.07, 6.45) is 5.86. The topological polar surface area (TPSA) is 42.6 Å². The number of carbonyl (C=O) groups excluding carboxylic acids is 1. The Morgan fingerprint density at radius 3 is 2.78 bits per heavy atom. The van der Waals surface area contributed by atoms with E-state index in [4.69, 9.17) is 4.42 Å². The van der Waals surface area contributed by atoms with Gasteiger partial charge in [-0.3, -0.25) is 0 Å². The van der Waals surface area contributed by atoms with Crippen LogP contribution in [0.15, 0.2) is 33.7 Å². The Morgan fingerprint density at radius 2 is 2.06 bits per heavy atom. The van der Waals surface area contributed by atoms with Crippen LogP contribution in [0.5, 0.6) is 0 Å². The Morgan fingerprint density at radius 1 is 1.28 bits per heavy atom. The van der Waals surface area contributed by atoms with Gasteiger partial charge in [0.15, 0.2) is 0 Å². The van der Waals surface area contributed by atoms with Gasteiger partial charge in [-0.1, -0.05) is 18.9 Å². The van der Waals surface area contributed by atoms with Crippen LogP contribution in [0.4, 0.5) is 0 Å². The second kappa shape index (κ2) is 4.11. The number of hydrogen-bond donors (Lipinski definition) is 0. The number of nitrogens with zero attached hydrogens (tertiary/aromatic N) is 1. The highest BCUT2D eigenvalue weighted by Gasteiger charge is 2.35. The summed E-state index contributed by atoms with van der Waals surface area (Å²) in [5.74, 6) is 0.904. The third-order valence-corrected chi connectivity index (χ3v) is 3.87. The van der Waals surface area contributed by atoms with Gasteiger partial charge in [-0.15, -0.1) is 0 Å². The van der Waals surface area contributed by atoms with E-state index in [9.17, 15) is 4.79 Å². The molecule has 1 saturated carbocycles. The van der Waals surface area contributed by atoms with Gasteiger partial charge < -0.3 is 4.42 Å². The van der Waals surface area contributed by atoms with Gasteiger partial charge in [0.25, 0.3) is 0 Å². The zero-order chi connectivity index (χ0) is 12.6. The first-order valence-corrected chi connectivity index (χ1v) is 6.33. The van der Waals surface area contributed by atoms with Crippen LogP contribution in [0.3, 0.4) is 0 Å². The second-order valence-corrected chi connectivity index (χ2v) is 5.05. The molecular formula is C15H15NO2. The van der Waals surface area contributed by atoms with Crippen molar-refractivity contribution in [3.8, 4) is 0 Å². The molecule has 0 spiro atoms. The molecule has 0 saturated heterocycles. The monoisotopic (exact) mass is 241 g/mol. The molecule has 1 aromatic carbocycles. The molecule has 18 heavy (non-hydrogen) atoms. The van der Waals surface area contributed by atoms with E-state index in [0.717, 1.165) is 48.0 Å². The summed E-state index contributed by atoms with van der Waals surface area (Å²) < 4.78 is 5.57. The van der Waals surface area contributed by atoms with Crippen molar-refractivity contribution in [1.82, 2.24) is 0 Å². The highest BCUT2D eigenvalue weighted by molar-refractivity contribution is 5.79. The van der Waals surface area contributed by atoms with Crippen molar-refractivity contribution < 1.29 is 9.21 Å². The molecule has 0 aliphatic heterocycles. The number of hydrogen-bond acceptors (Lipinski definition) is 3. The van der Waals surface area contributed by atoms with E-state index in [1.54, 1.807) is 6.08 Å². The van der Waals surface area contributed by atoms with Crippen LogP contribution < -0.4 is 0 Å². The minimum absolute atomic E-state index is 0.346. The smallest absolute Gasteiger partial charge is 0.235 e. The summed E-state index contributed by atoms with van der Waals surface area (Å²) in [5.41, 5.74) is 1.65. The Labute approximate surface area is 106 Å². The lowest BCUT2D eigenvalue weighted by Gasteiger charge is -2.22. The molecular weight excluding hydrogens is 226 g/mol. The van der Waals surface area contributed by atoms with E-state index in [2.05, 4.69) is 11.1 Å². The van der Waals surface area contributed by atoms with Gasteiger partial charge in [-0.25, -0.2) is 4.79 Å². The van der Waals surface area contributed by atoms with Crippen LogP contribution in [-0.4, -0.2) is 6.08 Å². The molecule has 1 heterocycles. The van der Waals surface area contributed by atoms with Crippen LogP contribution in [0, 0.1) is 6.92 Å². The molecule has 0 bridgehead atoms. The minimum Gasteiger partial charge on any atom is -0.461 e. The number of aliphatic imine (C=N–C) groups is 1. The number of aryl methyl sites for hydroxylation is 1. The highest BCUT2D eigenvalue weighted by atomic mass is 16.3. The van der Waals surface area contributed by atoms with Crippen LogP contribution in [-0.2, 0) is 10.3 Å². The predicted octanol–water partition coefficient (Wildman–Crippen LogP) is 3.85. The molecule has 0 unspecified atom stereocenters. The zero-order valence-corrected chi connectivity index (χ0v) is 10.4. The molecule has 0 radical (unpaired) electrons. The van der Waals surface area contributed by atoms with Gasteiger partial charge in [-0.2, -0.15) is 4.99 Å². The maximum absolute atomic E-state index is 10.7. The Hall–Kier alpha value is -1.86. The van der Waals surface area contributed by atoms with Crippen LogP contribution in [0.25, 0.3) is 11.0 Å². The Bertz CT molecular complexity index is 629. The normalized spacial score (nSPS) is 17.8. The zero-order valence-electron chi connectivity index (χ0n) is 10.4. The first-order valence-electron chi connectivity index (χ1n) is 6.33. The summed E-state index contributed by atoms with van der Waals surface area (Å²) in [4.78, 5) is 14.8. The fourth-order valence-corrected chi connectivity index (χ4v) is 2.98. The summed E-state index contributed by atoms with van der Waals surface area (Å²) >= 11 is 0. The van der Waals surface area contributed by atoms with Gasteiger partial charge in [0, 0.05) is 5.39 Å². The number of isocyanates is 1. The molecule has 92 valence electrons. The van der Waals surface area contributed by atoms with E-state index < -0.39 is 0 Å². The number of furan rings is 1. The third kappa shape index (κ3) is 1.68. The van der Waals surface area contributed by atoms with Crippen molar-refractivity contribution >= 4 is 17.0 Å². The van der Waals surface area contributed by atoms with Crippen LogP contribution in [0.2, 0.25) is 0 Å². The summed E-state index contributed by atoms with van der Waals surface area (Å²) in [5, 5.41) is 1.08. The highest BCUT2D eigenvalue weighted by Crippen LogP contribution is 2.42. The van der Waals surface area contributed by atoms with Gasteiger partial charge in [0.2, 0.25) is 6.08 Å². The lowest BCUT2D eigenvalue weighted by Crippen LogP contribution is -2.18. The third-order valence-electron chi connectivity index (χ3n) is 3.87. The quantitative estimate of drug-likeness (QED) is 0.592. The van der Waals surface area contributed by atoms with E-state index >= 15 is 0 Å². The van der Waals surface area contributed by atoms with Crippen molar-refractivity contribution in [2.75, 3.05) is 0 Å². The lowest BCUT2D eigenvalue weighted by molar-refractivity contribution is 0.456. The maximum atomic E-state index is 10.7. The number of benzene rings is 1. The minimum atomic E-state index is -0.346. The average molecular weight is 241 g/mol. The molecule has 3 rings (SSSR count). The Kier molecular flexibility index (Phi) is 2.57. The molecule has 2 aromatic rings. The standard InChI is InChI=1S/C15H15NO2/c1-11-8-12-9-13(4-5-14(12)18-11)15(16-10-17)6-2-3-7-15/h4-5,8-9H,2-3,6-7H2,1H3. The van der Waals surface area contributed by atoms with Crippen LogP contribution >= 0.6 is 0 Å². The van der Waals surface area contributed by atoms with E-state index in [-0.39, 0.29) is 5.54 Å². The van der Waals surface area contributed by atoms with Crippen molar-refractivity contribution in [1.29, 1.82) is 0 Å². The number of rotatable bonds is 2. The van der Waals surface area contributed by atoms with E-state index in [1.165, 1.54) is 0 Å². The lowest BCUT2D eigenvalue weighted by atomic mass is 9.88. The summed E-state index contributed by atoms with van der Waals surface area (Å²) in [7, 11) is 0. The number of fused-ring (bicyclic) bond motifs is 1. The molecule has 1 aliphatic carbocycles. The van der Waals surface area contributed by atoms with Crippen molar-refractivity contribution in [3.63, 3.8) is 0 Å². The summed E-state index contributed by atoms with van der Waals surface area (Å²) in [6.45, 7) is 1.94. The SMILES string of the molecule is Cc1cc2cc(C3(N=C=O)CCCC3)ccc2o1.